The van der Waals surface area contributed by atoms with Crippen LogP contribution in [0.3, 0.4) is 0 Å². The van der Waals surface area contributed by atoms with Gasteiger partial charge in [-0.25, -0.2) is 0 Å². The predicted octanol–water partition coefficient (Wildman–Crippen LogP) is 1.92. The van der Waals surface area contributed by atoms with Gasteiger partial charge in [-0.05, 0) is 31.5 Å². The average molecular weight is 232 g/mol. The molecule has 0 aromatic carbocycles. The molecule has 0 heterocycles. The minimum absolute atomic E-state index is 0.250. The van der Waals surface area contributed by atoms with E-state index in [0.717, 1.165) is 11.5 Å². The second kappa shape index (κ2) is 7.88. The first kappa shape index (κ1) is 14.6. The van der Waals surface area contributed by atoms with Crippen molar-refractivity contribution in [3.63, 3.8) is 0 Å². The van der Waals surface area contributed by atoms with Crippen LogP contribution in [-0.4, -0.2) is 30.9 Å². The number of methoxy groups -OCH3 is 1. The van der Waals surface area contributed by atoms with Gasteiger partial charge in [-0.2, -0.15) is 0 Å². The zero-order chi connectivity index (χ0) is 11.8. The lowest BCUT2D eigenvalue weighted by atomic mass is 10.0. The van der Waals surface area contributed by atoms with Crippen LogP contribution in [0.25, 0.3) is 0 Å². The Morgan fingerprint density at radius 3 is 2.27 bits per heavy atom. The van der Waals surface area contributed by atoms with E-state index in [4.69, 9.17) is 17.0 Å². The van der Waals surface area contributed by atoms with Gasteiger partial charge in [-0.3, -0.25) is 0 Å². The summed E-state index contributed by atoms with van der Waals surface area (Å²) in [5.41, 5.74) is 0. The van der Waals surface area contributed by atoms with Crippen molar-refractivity contribution in [2.45, 2.75) is 46.2 Å². The number of rotatable bonds is 6. The van der Waals surface area contributed by atoms with E-state index in [9.17, 15) is 0 Å². The third kappa shape index (κ3) is 6.68. The molecular weight excluding hydrogens is 208 g/mol. The molecular formula is C11H24N2OS. The van der Waals surface area contributed by atoms with Gasteiger partial charge in [0.15, 0.2) is 5.11 Å². The van der Waals surface area contributed by atoms with Gasteiger partial charge >= 0.3 is 0 Å². The van der Waals surface area contributed by atoms with Gasteiger partial charge in [-0.15, -0.1) is 0 Å². The lowest BCUT2D eigenvalue weighted by Gasteiger charge is -2.24. The van der Waals surface area contributed by atoms with E-state index < -0.39 is 0 Å². The summed E-state index contributed by atoms with van der Waals surface area (Å²) in [6, 6.07) is 0.694. The average Bonchev–Trinajstić information content (AvgIpc) is 2.13. The van der Waals surface area contributed by atoms with E-state index in [-0.39, 0.29) is 6.04 Å². The molecule has 2 N–H and O–H groups in total. The number of hydrogen-bond donors (Lipinski definition) is 2. The standard InChI is InChI=1S/C11H24N2OS/c1-6-10(8(2)3)13-11(15)12-9(4)7-14-5/h8-10H,6-7H2,1-5H3,(H2,12,13,15). The van der Waals surface area contributed by atoms with E-state index >= 15 is 0 Å². The van der Waals surface area contributed by atoms with Crippen molar-refractivity contribution in [2.24, 2.45) is 5.92 Å². The molecule has 2 atom stereocenters. The molecule has 0 amide bonds. The normalized spacial score (nSPS) is 14.8. The zero-order valence-electron chi connectivity index (χ0n) is 10.5. The number of nitrogens with one attached hydrogen (secondary N) is 2. The second-order valence-corrected chi connectivity index (χ2v) is 4.64. The fourth-order valence-corrected chi connectivity index (χ4v) is 1.82. The maximum absolute atomic E-state index is 5.23. The van der Waals surface area contributed by atoms with Crippen molar-refractivity contribution in [3.05, 3.63) is 0 Å². The fourth-order valence-electron chi connectivity index (χ4n) is 1.47. The number of thiocarbonyl (C=S) groups is 1. The molecule has 15 heavy (non-hydrogen) atoms. The maximum atomic E-state index is 5.23. The lowest BCUT2D eigenvalue weighted by Crippen LogP contribution is -2.47. The summed E-state index contributed by atoms with van der Waals surface area (Å²) in [6.45, 7) is 9.28. The van der Waals surface area contributed by atoms with E-state index in [0.29, 0.717) is 18.6 Å². The Bertz CT molecular complexity index is 185. The van der Waals surface area contributed by atoms with Gasteiger partial charge in [-0.1, -0.05) is 20.8 Å². The Morgan fingerprint density at radius 1 is 1.27 bits per heavy atom. The summed E-state index contributed by atoms with van der Waals surface area (Å²) in [5, 5.41) is 7.24. The van der Waals surface area contributed by atoms with Gasteiger partial charge in [0.2, 0.25) is 0 Å². The van der Waals surface area contributed by atoms with Crippen molar-refractivity contribution in [2.75, 3.05) is 13.7 Å². The molecule has 0 spiro atoms. The molecule has 0 fully saturated rings. The van der Waals surface area contributed by atoms with E-state index in [1.165, 1.54) is 0 Å². The first-order valence-electron chi connectivity index (χ1n) is 5.57. The van der Waals surface area contributed by atoms with E-state index in [1.807, 2.05) is 6.92 Å². The zero-order valence-corrected chi connectivity index (χ0v) is 11.3. The minimum atomic E-state index is 0.250. The van der Waals surface area contributed by atoms with Crippen molar-refractivity contribution in [1.82, 2.24) is 10.6 Å². The van der Waals surface area contributed by atoms with Crippen molar-refractivity contribution < 1.29 is 4.74 Å². The van der Waals surface area contributed by atoms with Gasteiger partial charge in [0.05, 0.1) is 6.61 Å². The van der Waals surface area contributed by atoms with Crippen molar-refractivity contribution >= 4 is 17.3 Å². The smallest absolute Gasteiger partial charge is 0.166 e. The Hall–Kier alpha value is -0.350. The monoisotopic (exact) mass is 232 g/mol. The largest absolute Gasteiger partial charge is 0.383 e. The predicted molar refractivity (Wildman–Crippen MR) is 69.1 cm³/mol. The lowest BCUT2D eigenvalue weighted by molar-refractivity contribution is 0.179. The van der Waals surface area contributed by atoms with Gasteiger partial charge in [0, 0.05) is 19.2 Å². The van der Waals surface area contributed by atoms with E-state index in [1.54, 1.807) is 7.11 Å². The van der Waals surface area contributed by atoms with Crippen molar-refractivity contribution in [3.8, 4) is 0 Å². The van der Waals surface area contributed by atoms with Crippen LogP contribution < -0.4 is 10.6 Å². The fraction of sp³-hybridized carbons (Fsp3) is 0.909. The van der Waals surface area contributed by atoms with Crippen molar-refractivity contribution in [1.29, 1.82) is 0 Å². The quantitative estimate of drug-likeness (QED) is 0.686. The molecule has 0 aromatic rings. The third-order valence-corrected chi connectivity index (χ3v) is 2.59. The molecule has 0 rings (SSSR count). The highest BCUT2D eigenvalue weighted by molar-refractivity contribution is 7.80. The van der Waals surface area contributed by atoms with Crippen LogP contribution in [0.15, 0.2) is 0 Å². The summed E-state index contributed by atoms with van der Waals surface area (Å²) in [6.07, 6.45) is 1.08. The molecule has 3 nitrogen and oxygen atoms in total. The molecule has 0 aromatic heterocycles. The van der Waals surface area contributed by atoms with Crippen LogP contribution in [-0.2, 0) is 4.74 Å². The maximum Gasteiger partial charge on any atom is 0.166 e. The molecule has 90 valence electrons. The Morgan fingerprint density at radius 2 is 1.87 bits per heavy atom. The molecule has 2 unspecified atom stereocenters. The van der Waals surface area contributed by atoms with Crippen LogP contribution in [0, 0.1) is 5.92 Å². The van der Waals surface area contributed by atoms with Crippen LogP contribution >= 0.6 is 12.2 Å². The molecule has 0 aliphatic carbocycles. The van der Waals surface area contributed by atoms with Crippen LogP contribution in [0.4, 0.5) is 0 Å². The highest BCUT2D eigenvalue weighted by Crippen LogP contribution is 2.04. The summed E-state index contributed by atoms with van der Waals surface area (Å²) in [4.78, 5) is 0. The third-order valence-electron chi connectivity index (χ3n) is 2.36. The van der Waals surface area contributed by atoms with E-state index in [2.05, 4.69) is 31.4 Å². The first-order chi connectivity index (χ1) is 7.01. The highest BCUT2D eigenvalue weighted by Gasteiger charge is 2.12. The number of hydrogen-bond acceptors (Lipinski definition) is 2. The van der Waals surface area contributed by atoms with Gasteiger partial charge < -0.3 is 15.4 Å². The SMILES string of the molecule is CCC(NC(=S)NC(C)COC)C(C)C. The molecule has 0 radical (unpaired) electrons. The Kier molecular flexibility index (Phi) is 7.70. The first-order valence-corrected chi connectivity index (χ1v) is 5.98. The van der Waals surface area contributed by atoms with Crippen LogP contribution in [0.5, 0.6) is 0 Å². The Balaban J connectivity index is 3.90. The second-order valence-electron chi connectivity index (χ2n) is 4.23. The summed E-state index contributed by atoms with van der Waals surface area (Å²) < 4.78 is 5.03. The highest BCUT2D eigenvalue weighted by atomic mass is 32.1. The topological polar surface area (TPSA) is 33.3 Å². The molecule has 0 aliphatic heterocycles. The van der Waals surface area contributed by atoms with Crippen LogP contribution in [0.1, 0.15) is 34.1 Å². The minimum Gasteiger partial charge on any atom is -0.383 e. The summed E-state index contributed by atoms with van der Waals surface area (Å²) in [7, 11) is 1.69. The summed E-state index contributed by atoms with van der Waals surface area (Å²) in [5.74, 6) is 0.590. The molecule has 4 heteroatoms. The molecule has 0 saturated heterocycles. The van der Waals surface area contributed by atoms with Gasteiger partial charge in [0.25, 0.3) is 0 Å². The molecule has 0 bridgehead atoms. The van der Waals surface area contributed by atoms with Crippen LogP contribution in [0.2, 0.25) is 0 Å². The summed E-state index contributed by atoms with van der Waals surface area (Å²) >= 11 is 5.23. The Labute approximate surface area is 99.0 Å². The molecule has 0 saturated carbocycles. The molecule has 0 aliphatic rings. The number of ether oxygens (including phenoxy) is 1. The van der Waals surface area contributed by atoms with Gasteiger partial charge in [0.1, 0.15) is 0 Å².